The van der Waals surface area contributed by atoms with Crippen molar-refractivity contribution in [2.45, 2.75) is 25.9 Å². The van der Waals surface area contributed by atoms with Gasteiger partial charge in [-0.05, 0) is 5.92 Å². The number of fused-ring (bicyclic) bond motifs is 1. The van der Waals surface area contributed by atoms with Gasteiger partial charge in [0.2, 0.25) is 0 Å². The Morgan fingerprint density at radius 1 is 1.40 bits per heavy atom. The predicted molar refractivity (Wildman–Crippen MR) is 70.3 cm³/mol. The van der Waals surface area contributed by atoms with Crippen LogP contribution in [0.25, 0.3) is 0 Å². The summed E-state index contributed by atoms with van der Waals surface area (Å²) in [6.07, 6.45) is 0. The van der Waals surface area contributed by atoms with E-state index in [4.69, 9.17) is 5.11 Å². The maximum atomic E-state index is 12.1. The molecule has 2 aliphatic rings. The Kier molecular flexibility index (Phi) is 4.01. The number of carbonyl (C=O) groups excluding carboxylic acids is 2. The Hall–Kier alpha value is -1.99. The van der Waals surface area contributed by atoms with Gasteiger partial charge in [-0.2, -0.15) is 0 Å². The van der Waals surface area contributed by atoms with Gasteiger partial charge >= 0.3 is 18.0 Å². The first-order chi connectivity index (χ1) is 9.40. The van der Waals surface area contributed by atoms with E-state index in [1.54, 1.807) is 23.6 Å². The first-order valence-electron chi connectivity index (χ1n) is 6.73. The van der Waals surface area contributed by atoms with E-state index in [1.807, 2.05) is 0 Å². The van der Waals surface area contributed by atoms with Gasteiger partial charge in [0.1, 0.15) is 6.04 Å². The number of carboxylic acids is 1. The molecule has 4 amide bonds. The minimum Gasteiger partial charge on any atom is -0.480 e. The molecule has 8 nitrogen and oxygen atoms in total. The Bertz CT molecular complexity index is 426. The van der Waals surface area contributed by atoms with E-state index < -0.39 is 12.0 Å². The fourth-order valence-corrected chi connectivity index (χ4v) is 2.53. The van der Waals surface area contributed by atoms with E-state index in [9.17, 15) is 14.4 Å². The number of hydrogen-bond acceptors (Lipinski definition) is 3. The third-order valence-electron chi connectivity index (χ3n) is 3.73. The second-order valence-corrected chi connectivity index (χ2v) is 5.49. The van der Waals surface area contributed by atoms with Gasteiger partial charge in [0.15, 0.2) is 0 Å². The highest BCUT2D eigenvalue weighted by molar-refractivity contribution is 5.83. The van der Waals surface area contributed by atoms with E-state index in [1.165, 1.54) is 0 Å². The van der Waals surface area contributed by atoms with E-state index in [2.05, 4.69) is 10.6 Å². The smallest absolute Gasteiger partial charge is 0.326 e. The van der Waals surface area contributed by atoms with E-state index >= 15 is 0 Å². The Morgan fingerprint density at radius 2 is 2.10 bits per heavy atom. The molecule has 2 aliphatic heterocycles. The van der Waals surface area contributed by atoms with Gasteiger partial charge in [-0.15, -0.1) is 0 Å². The molecule has 0 saturated carbocycles. The first kappa shape index (κ1) is 14.4. The van der Waals surface area contributed by atoms with Gasteiger partial charge in [-0.1, -0.05) is 13.8 Å². The van der Waals surface area contributed by atoms with Crippen LogP contribution in [0.2, 0.25) is 0 Å². The summed E-state index contributed by atoms with van der Waals surface area (Å²) in [5.41, 5.74) is 0. The van der Waals surface area contributed by atoms with Crippen molar-refractivity contribution in [2.24, 2.45) is 5.92 Å². The van der Waals surface area contributed by atoms with Crippen molar-refractivity contribution in [1.82, 2.24) is 20.4 Å². The Labute approximate surface area is 117 Å². The van der Waals surface area contributed by atoms with Crippen LogP contribution in [0.4, 0.5) is 9.59 Å². The molecule has 20 heavy (non-hydrogen) atoms. The molecule has 0 aromatic carbocycles. The third kappa shape index (κ3) is 2.78. The van der Waals surface area contributed by atoms with Crippen molar-refractivity contribution in [3.05, 3.63) is 0 Å². The SMILES string of the molecule is CC(C)C(NC(=O)N1CCN2C(=O)NCC2C1)C(=O)O. The predicted octanol–water partition coefficient (Wildman–Crippen LogP) is -0.485. The molecule has 2 rings (SSSR count). The summed E-state index contributed by atoms with van der Waals surface area (Å²) in [5, 5.41) is 14.4. The van der Waals surface area contributed by atoms with Gasteiger partial charge in [0.25, 0.3) is 0 Å². The average molecular weight is 284 g/mol. The molecule has 3 N–H and O–H groups in total. The van der Waals surface area contributed by atoms with Crippen LogP contribution < -0.4 is 10.6 Å². The maximum Gasteiger partial charge on any atom is 0.326 e. The molecule has 2 atom stereocenters. The summed E-state index contributed by atoms with van der Waals surface area (Å²) >= 11 is 0. The van der Waals surface area contributed by atoms with E-state index in [0.717, 1.165) is 0 Å². The quantitative estimate of drug-likeness (QED) is 0.651. The maximum absolute atomic E-state index is 12.1. The summed E-state index contributed by atoms with van der Waals surface area (Å²) in [5.74, 6) is -1.22. The van der Waals surface area contributed by atoms with E-state index in [0.29, 0.717) is 26.2 Å². The number of aliphatic carboxylic acids is 1. The lowest BCUT2D eigenvalue weighted by atomic mass is 10.1. The third-order valence-corrected chi connectivity index (χ3v) is 3.73. The van der Waals surface area contributed by atoms with Crippen molar-refractivity contribution in [3.63, 3.8) is 0 Å². The van der Waals surface area contributed by atoms with Gasteiger partial charge in [-0.25, -0.2) is 14.4 Å². The van der Waals surface area contributed by atoms with Gasteiger partial charge in [0.05, 0.1) is 6.04 Å². The lowest BCUT2D eigenvalue weighted by Gasteiger charge is -2.37. The molecule has 0 spiro atoms. The number of hydrogen-bond donors (Lipinski definition) is 3. The number of urea groups is 2. The Balaban J connectivity index is 1.94. The van der Waals surface area contributed by atoms with Crippen molar-refractivity contribution in [3.8, 4) is 0 Å². The number of nitrogens with one attached hydrogen (secondary N) is 2. The molecule has 2 fully saturated rings. The van der Waals surface area contributed by atoms with E-state index in [-0.39, 0.29) is 24.0 Å². The highest BCUT2D eigenvalue weighted by atomic mass is 16.4. The zero-order chi connectivity index (χ0) is 14.9. The highest BCUT2D eigenvalue weighted by Gasteiger charge is 2.37. The highest BCUT2D eigenvalue weighted by Crippen LogP contribution is 2.14. The minimum atomic E-state index is -1.04. The molecule has 2 saturated heterocycles. The summed E-state index contributed by atoms with van der Waals surface area (Å²) in [7, 11) is 0. The monoisotopic (exact) mass is 284 g/mol. The molecule has 0 aliphatic carbocycles. The van der Waals surface area contributed by atoms with Gasteiger partial charge < -0.3 is 25.5 Å². The molecule has 8 heteroatoms. The molecule has 0 radical (unpaired) electrons. The Morgan fingerprint density at radius 3 is 2.70 bits per heavy atom. The van der Waals surface area contributed by atoms with Crippen LogP contribution in [0, 0.1) is 5.92 Å². The number of carboxylic acid groups (broad SMARTS) is 1. The normalized spacial score (nSPS) is 23.4. The van der Waals surface area contributed by atoms with Crippen LogP contribution >= 0.6 is 0 Å². The molecule has 2 unspecified atom stereocenters. The molecular weight excluding hydrogens is 264 g/mol. The zero-order valence-corrected chi connectivity index (χ0v) is 11.6. The van der Waals surface area contributed by atoms with Crippen molar-refractivity contribution >= 4 is 18.0 Å². The molecule has 0 bridgehead atoms. The lowest BCUT2D eigenvalue weighted by Crippen LogP contribution is -2.58. The van der Waals surface area contributed by atoms with Gasteiger partial charge in [0, 0.05) is 26.2 Å². The largest absolute Gasteiger partial charge is 0.480 e. The van der Waals surface area contributed by atoms with Crippen LogP contribution in [0.1, 0.15) is 13.8 Å². The van der Waals surface area contributed by atoms with Crippen LogP contribution in [0.3, 0.4) is 0 Å². The number of carbonyl (C=O) groups is 3. The second kappa shape index (κ2) is 5.56. The zero-order valence-electron chi connectivity index (χ0n) is 11.6. The van der Waals surface area contributed by atoms with Crippen LogP contribution in [-0.4, -0.2) is 71.2 Å². The van der Waals surface area contributed by atoms with Gasteiger partial charge in [-0.3, -0.25) is 0 Å². The standard InChI is InChI=1S/C12H20N4O4/c1-7(2)9(10(17)18)14-12(20)15-3-4-16-8(6-15)5-13-11(16)19/h7-9H,3-6H2,1-2H3,(H,13,19)(H,14,20)(H,17,18). The first-order valence-corrected chi connectivity index (χ1v) is 6.73. The van der Waals surface area contributed by atoms with Crippen LogP contribution in [0.5, 0.6) is 0 Å². The summed E-state index contributed by atoms with van der Waals surface area (Å²) < 4.78 is 0. The second-order valence-electron chi connectivity index (χ2n) is 5.49. The summed E-state index contributed by atoms with van der Waals surface area (Å²) in [4.78, 5) is 37.9. The topological polar surface area (TPSA) is 102 Å². The molecule has 2 heterocycles. The van der Waals surface area contributed by atoms with Crippen molar-refractivity contribution in [2.75, 3.05) is 26.2 Å². The number of rotatable bonds is 3. The van der Waals surface area contributed by atoms with Crippen molar-refractivity contribution in [1.29, 1.82) is 0 Å². The summed E-state index contributed by atoms with van der Waals surface area (Å²) in [6.45, 7) is 5.33. The molecular formula is C12H20N4O4. The number of amides is 4. The lowest BCUT2D eigenvalue weighted by molar-refractivity contribution is -0.140. The summed E-state index contributed by atoms with van der Waals surface area (Å²) in [6, 6.07) is -1.40. The molecule has 0 aromatic rings. The van der Waals surface area contributed by atoms with Crippen LogP contribution in [-0.2, 0) is 4.79 Å². The van der Waals surface area contributed by atoms with Crippen molar-refractivity contribution < 1.29 is 19.5 Å². The van der Waals surface area contributed by atoms with Crippen LogP contribution in [0.15, 0.2) is 0 Å². The minimum absolute atomic E-state index is 0.0238. The molecule has 0 aromatic heterocycles. The number of nitrogens with zero attached hydrogens (tertiary/aromatic N) is 2. The average Bonchev–Trinajstić information content (AvgIpc) is 2.76. The fourth-order valence-electron chi connectivity index (χ4n) is 2.53. The number of piperazine rings is 1. The molecule has 112 valence electrons. The fraction of sp³-hybridized carbons (Fsp3) is 0.750.